The summed E-state index contributed by atoms with van der Waals surface area (Å²) in [7, 11) is 0. The number of hydrogen-bond acceptors (Lipinski definition) is 4. The lowest BCUT2D eigenvalue weighted by molar-refractivity contribution is 0.0816. The highest BCUT2D eigenvalue weighted by Gasteiger charge is 2.19. The molecular formula is C17H19FN2O4. The largest absolute Gasteiger partial charge is 0.494 e. The molecule has 24 heavy (non-hydrogen) atoms. The number of furan rings is 1. The molecule has 1 aromatic carbocycles. The molecule has 0 spiro atoms. The normalized spacial score (nSPS) is 15.2. The minimum absolute atomic E-state index is 0.239. The lowest BCUT2D eigenvalue weighted by Crippen LogP contribution is -2.38. The summed E-state index contributed by atoms with van der Waals surface area (Å²) in [5.41, 5.74) is 1.40. The number of nitrogens with one attached hydrogen (secondary N) is 2. The number of hydrogen-bond donors (Lipinski definition) is 2. The van der Waals surface area contributed by atoms with Crippen LogP contribution in [0.1, 0.15) is 24.3 Å². The molecule has 1 aliphatic heterocycles. The van der Waals surface area contributed by atoms with Gasteiger partial charge in [0.05, 0.1) is 12.6 Å². The first-order valence-corrected chi connectivity index (χ1v) is 7.71. The van der Waals surface area contributed by atoms with Crippen molar-refractivity contribution >= 4 is 17.0 Å². The molecule has 0 unspecified atom stereocenters. The molecule has 0 aliphatic carbocycles. The molecule has 7 heteroatoms. The van der Waals surface area contributed by atoms with E-state index < -0.39 is 0 Å². The zero-order valence-electron chi connectivity index (χ0n) is 13.5. The zero-order valence-corrected chi connectivity index (χ0v) is 13.5. The summed E-state index contributed by atoms with van der Waals surface area (Å²) in [6.07, 6.45) is 1.49. The first kappa shape index (κ1) is 16.2. The standard InChI is InChI=1S/C17H19FN2O4/c1-10-14-7-12(18)3-4-15(14)24-16(10)11(2)20-17(21)19-8-13-9-22-5-6-23-13/h3-4,7,9,11H,5-6,8H2,1-2H3,(H2,19,20,21)/t11-/m0/s1. The Kier molecular flexibility index (Phi) is 4.59. The molecular weight excluding hydrogens is 315 g/mol. The molecule has 2 aromatic rings. The van der Waals surface area contributed by atoms with Crippen LogP contribution in [0.2, 0.25) is 0 Å². The maximum Gasteiger partial charge on any atom is 0.315 e. The third-order valence-corrected chi connectivity index (χ3v) is 3.80. The summed E-state index contributed by atoms with van der Waals surface area (Å²) in [5.74, 6) is 0.848. The molecule has 1 aliphatic rings. The van der Waals surface area contributed by atoms with Gasteiger partial charge in [-0.15, -0.1) is 0 Å². The fourth-order valence-electron chi connectivity index (χ4n) is 2.61. The van der Waals surface area contributed by atoms with Gasteiger partial charge < -0.3 is 24.5 Å². The fourth-order valence-corrected chi connectivity index (χ4v) is 2.61. The molecule has 0 saturated carbocycles. The first-order valence-electron chi connectivity index (χ1n) is 7.71. The van der Waals surface area contributed by atoms with Crippen LogP contribution in [0.4, 0.5) is 9.18 Å². The van der Waals surface area contributed by atoms with Crippen molar-refractivity contribution in [3.8, 4) is 0 Å². The predicted molar refractivity (Wildman–Crippen MR) is 85.8 cm³/mol. The fraction of sp³-hybridized carbons (Fsp3) is 0.353. The minimum Gasteiger partial charge on any atom is -0.494 e. The van der Waals surface area contributed by atoms with Gasteiger partial charge in [-0.2, -0.15) is 0 Å². The van der Waals surface area contributed by atoms with E-state index in [-0.39, 0.29) is 24.4 Å². The van der Waals surface area contributed by atoms with Crippen molar-refractivity contribution in [2.75, 3.05) is 19.8 Å². The smallest absolute Gasteiger partial charge is 0.315 e. The Hall–Kier alpha value is -2.70. The van der Waals surface area contributed by atoms with Crippen LogP contribution in [0.15, 0.2) is 34.6 Å². The van der Waals surface area contributed by atoms with Crippen molar-refractivity contribution in [2.45, 2.75) is 19.9 Å². The molecule has 0 bridgehead atoms. The number of fused-ring (bicyclic) bond motifs is 1. The van der Waals surface area contributed by atoms with Crippen molar-refractivity contribution in [1.29, 1.82) is 0 Å². The van der Waals surface area contributed by atoms with Crippen LogP contribution >= 0.6 is 0 Å². The molecule has 3 rings (SSSR count). The number of benzene rings is 1. The Morgan fingerprint density at radius 2 is 2.21 bits per heavy atom. The number of rotatable bonds is 4. The van der Waals surface area contributed by atoms with E-state index in [1.54, 1.807) is 13.0 Å². The lowest BCUT2D eigenvalue weighted by Gasteiger charge is -2.17. The van der Waals surface area contributed by atoms with Crippen LogP contribution in [-0.4, -0.2) is 25.8 Å². The highest BCUT2D eigenvalue weighted by Crippen LogP contribution is 2.29. The van der Waals surface area contributed by atoms with E-state index in [1.807, 2.05) is 6.92 Å². The van der Waals surface area contributed by atoms with E-state index in [0.29, 0.717) is 35.7 Å². The number of halogens is 1. The summed E-state index contributed by atoms with van der Waals surface area (Å²) in [5, 5.41) is 6.19. The van der Waals surface area contributed by atoms with Gasteiger partial charge in [-0.3, -0.25) is 0 Å². The highest BCUT2D eigenvalue weighted by molar-refractivity contribution is 5.82. The summed E-state index contributed by atoms with van der Waals surface area (Å²) in [6, 6.07) is 3.64. The minimum atomic E-state index is -0.363. The van der Waals surface area contributed by atoms with Crippen molar-refractivity contribution < 1.29 is 23.1 Å². The maximum absolute atomic E-state index is 13.4. The average Bonchev–Trinajstić information content (AvgIpc) is 2.90. The van der Waals surface area contributed by atoms with Crippen molar-refractivity contribution in [3.63, 3.8) is 0 Å². The Morgan fingerprint density at radius 3 is 2.96 bits per heavy atom. The number of aryl methyl sites for hydroxylation is 1. The number of carbonyl (C=O) groups excluding carboxylic acids is 1. The molecule has 0 radical (unpaired) electrons. The summed E-state index contributed by atoms with van der Waals surface area (Å²) in [4.78, 5) is 12.0. The summed E-state index contributed by atoms with van der Waals surface area (Å²) >= 11 is 0. The van der Waals surface area contributed by atoms with Gasteiger partial charge in [0.15, 0.2) is 0 Å². The van der Waals surface area contributed by atoms with Gasteiger partial charge in [-0.25, -0.2) is 9.18 Å². The Labute approximate surface area is 138 Å². The van der Waals surface area contributed by atoms with Gasteiger partial charge in [0.25, 0.3) is 0 Å². The van der Waals surface area contributed by atoms with E-state index in [4.69, 9.17) is 13.9 Å². The maximum atomic E-state index is 13.4. The second-order valence-corrected chi connectivity index (χ2v) is 5.58. The second kappa shape index (κ2) is 6.82. The number of carbonyl (C=O) groups is 1. The highest BCUT2D eigenvalue weighted by atomic mass is 19.1. The van der Waals surface area contributed by atoms with Crippen LogP contribution in [0.3, 0.4) is 0 Å². The second-order valence-electron chi connectivity index (χ2n) is 5.58. The van der Waals surface area contributed by atoms with E-state index in [1.165, 1.54) is 18.4 Å². The van der Waals surface area contributed by atoms with Gasteiger partial charge in [-0.1, -0.05) is 0 Å². The average molecular weight is 334 g/mol. The molecule has 0 saturated heterocycles. The van der Waals surface area contributed by atoms with E-state index in [0.717, 1.165) is 5.56 Å². The lowest BCUT2D eigenvalue weighted by atomic mass is 10.1. The van der Waals surface area contributed by atoms with Crippen molar-refractivity contribution in [1.82, 2.24) is 10.6 Å². The number of ether oxygens (including phenoxy) is 2. The monoisotopic (exact) mass is 334 g/mol. The topological polar surface area (TPSA) is 72.7 Å². The molecule has 2 amide bonds. The van der Waals surface area contributed by atoms with Crippen LogP contribution in [0, 0.1) is 12.7 Å². The molecule has 6 nitrogen and oxygen atoms in total. The van der Waals surface area contributed by atoms with Crippen molar-refractivity contribution in [2.24, 2.45) is 0 Å². The quantitative estimate of drug-likeness (QED) is 0.901. The van der Waals surface area contributed by atoms with E-state index in [2.05, 4.69) is 10.6 Å². The number of amides is 2. The third-order valence-electron chi connectivity index (χ3n) is 3.80. The van der Waals surface area contributed by atoms with Crippen LogP contribution in [0.5, 0.6) is 0 Å². The molecule has 2 heterocycles. The number of urea groups is 1. The van der Waals surface area contributed by atoms with Gasteiger partial charge in [-0.05, 0) is 32.0 Å². The van der Waals surface area contributed by atoms with Gasteiger partial charge in [0.2, 0.25) is 0 Å². The van der Waals surface area contributed by atoms with E-state index in [9.17, 15) is 9.18 Å². The van der Waals surface area contributed by atoms with Crippen LogP contribution < -0.4 is 10.6 Å². The predicted octanol–water partition coefficient (Wildman–Crippen LogP) is 3.13. The molecule has 1 aromatic heterocycles. The molecule has 128 valence electrons. The molecule has 2 N–H and O–H groups in total. The Morgan fingerprint density at radius 1 is 1.38 bits per heavy atom. The zero-order chi connectivity index (χ0) is 17.1. The summed E-state index contributed by atoms with van der Waals surface area (Å²) < 4.78 is 29.6. The molecule has 0 fully saturated rings. The third kappa shape index (κ3) is 3.45. The first-order chi connectivity index (χ1) is 11.5. The van der Waals surface area contributed by atoms with Crippen LogP contribution in [0.25, 0.3) is 11.0 Å². The van der Waals surface area contributed by atoms with E-state index >= 15 is 0 Å². The van der Waals surface area contributed by atoms with Gasteiger partial charge in [0.1, 0.15) is 42.4 Å². The van der Waals surface area contributed by atoms with Gasteiger partial charge >= 0.3 is 6.03 Å². The van der Waals surface area contributed by atoms with Crippen molar-refractivity contribution in [3.05, 3.63) is 47.4 Å². The molecule has 1 atom stereocenters. The SMILES string of the molecule is Cc1c([C@H](C)NC(=O)NCC2=COCCO2)oc2ccc(F)cc12. The Balaban J connectivity index is 1.64. The Bertz CT molecular complexity index is 784. The van der Waals surface area contributed by atoms with Gasteiger partial charge in [0, 0.05) is 10.9 Å². The summed E-state index contributed by atoms with van der Waals surface area (Å²) in [6.45, 7) is 4.87. The van der Waals surface area contributed by atoms with Crippen LogP contribution in [-0.2, 0) is 9.47 Å².